The summed E-state index contributed by atoms with van der Waals surface area (Å²) in [6.07, 6.45) is 2.71. The Hall–Kier alpha value is -2.12. The van der Waals surface area contributed by atoms with Gasteiger partial charge in [0, 0.05) is 25.0 Å². The van der Waals surface area contributed by atoms with E-state index in [-0.39, 0.29) is 0 Å². The Morgan fingerprint density at radius 1 is 1.28 bits per heavy atom. The lowest BCUT2D eigenvalue weighted by Gasteiger charge is -2.21. The molecule has 0 radical (unpaired) electrons. The second-order valence-corrected chi connectivity index (χ2v) is 7.52. The summed E-state index contributed by atoms with van der Waals surface area (Å²) in [6, 6.07) is 8.26. The van der Waals surface area contributed by atoms with Gasteiger partial charge in [0.25, 0.3) is 0 Å². The molecular formula is C18H22N4OS2. The van der Waals surface area contributed by atoms with Gasteiger partial charge in [-0.05, 0) is 36.2 Å². The van der Waals surface area contributed by atoms with E-state index in [2.05, 4.69) is 46.7 Å². The van der Waals surface area contributed by atoms with Crippen molar-refractivity contribution in [2.24, 2.45) is 4.99 Å². The molecule has 0 saturated heterocycles. The van der Waals surface area contributed by atoms with Gasteiger partial charge in [0.1, 0.15) is 12.0 Å². The van der Waals surface area contributed by atoms with Gasteiger partial charge >= 0.3 is 0 Å². The molecule has 0 amide bonds. The number of aromatic nitrogens is 1. The predicted octanol–water partition coefficient (Wildman–Crippen LogP) is 4.10. The van der Waals surface area contributed by atoms with Crippen molar-refractivity contribution in [3.8, 4) is 10.8 Å². The van der Waals surface area contributed by atoms with E-state index >= 15 is 0 Å². The summed E-state index contributed by atoms with van der Waals surface area (Å²) in [5, 5.41) is 7.47. The molecule has 7 heteroatoms. The lowest BCUT2D eigenvalue weighted by Crippen LogP contribution is -2.39. The minimum absolute atomic E-state index is 0.501. The second kappa shape index (κ2) is 8.82. The van der Waals surface area contributed by atoms with Crippen molar-refractivity contribution >= 4 is 28.6 Å². The highest BCUT2D eigenvalue weighted by Crippen LogP contribution is 2.23. The Bertz CT molecular complexity index is 778. The maximum absolute atomic E-state index is 5.56. The molecule has 3 rings (SSSR count). The lowest BCUT2D eigenvalue weighted by atomic mass is 10.3. The second-order valence-electron chi connectivity index (χ2n) is 5.54. The topological polar surface area (TPSA) is 53.7 Å². The quantitative estimate of drug-likeness (QED) is 0.500. The van der Waals surface area contributed by atoms with Crippen molar-refractivity contribution in [3.63, 3.8) is 0 Å². The number of nitrogens with one attached hydrogen (secondary N) is 1. The Labute approximate surface area is 156 Å². The number of hydrogen-bond donors (Lipinski definition) is 1. The first-order valence-electron chi connectivity index (χ1n) is 8.26. The monoisotopic (exact) mass is 374 g/mol. The van der Waals surface area contributed by atoms with E-state index in [1.165, 1.54) is 4.88 Å². The Morgan fingerprint density at radius 2 is 2.12 bits per heavy atom. The van der Waals surface area contributed by atoms with Crippen LogP contribution in [-0.4, -0.2) is 36.0 Å². The average molecular weight is 375 g/mol. The molecule has 0 aliphatic rings. The molecule has 0 unspecified atom stereocenters. The van der Waals surface area contributed by atoms with Crippen molar-refractivity contribution in [2.75, 3.05) is 20.1 Å². The molecule has 132 valence electrons. The Kier molecular flexibility index (Phi) is 6.25. The van der Waals surface area contributed by atoms with Gasteiger partial charge in [-0.3, -0.25) is 0 Å². The lowest BCUT2D eigenvalue weighted by molar-refractivity contribution is 0.486. The van der Waals surface area contributed by atoms with E-state index in [0.717, 1.165) is 36.0 Å². The van der Waals surface area contributed by atoms with E-state index in [1.54, 1.807) is 28.9 Å². The molecule has 25 heavy (non-hydrogen) atoms. The van der Waals surface area contributed by atoms with Crippen LogP contribution in [0.4, 0.5) is 0 Å². The van der Waals surface area contributed by atoms with E-state index in [4.69, 9.17) is 9.41 Å². The van der Waals surface area contributed by atoms with Gasteiger partial charge in [-0.2, -0.15) is 0 Å². The van der Waals surface area contributed by atoms with E-state index in [0.29, 0.717) is 12.4 Å². The standard InChI is InChI=1S/C18H22N4OS2/c1-3-19-18(22(2)9-8-15-6-4-10-24-15)20-12-14-13-23-17(21-14)16-7-5-11-25-16/h4-7,10-11,13H,3,8-9,12H2,1-2H3,(H,19,20). The van der Waals surface area contributed by atoms with Crippen LogP contribution in [0.5, 0.6) is 0 Å². The fourth-order valence-corrected chi connectivity index (χ4v) is 3.71. The van der Waals surface area contributed by atoms with Crippen molar-refractivity contribution in [2.45, 2.75) is 19.9 Å². The molecule has 0 aromatic carbocycles. The molecule has 0 fully saturated rings. The number of thiophene rings is 2. The maximum atomic E-state index is 5.56. The summed E-state index contributed by atoms with van der Waals surface area (Å²) < 4.78 is 5.56. The Balaban J connectivity index is 1.61. The van der Waals surface area contributed by atoms with Crippen LogP contribution < -0.4 is 5.32 Å². The molecular weight excluding hydrogens is 352 g/mol. The van der Waals surface area contributed by atoms with Gasteiger partial charge in [0.05, 0.1) is 11.4 Å². The number of guanidine groups is 1. The fraction of sp³-hybridized carbons (Fsp3) is 0.333. The highest BCUT2D eigenvalue weighted by atomic mass is 32.1. The van der Waals surface area contributed by atoms with Crippen LogP contribution in [0.2, 0.25) is 0 Å². The molecule has 0 bridgehead atoms. The molecule has 0 saturated carbocycles. The van der Waals surface area contributed by atoms with Gasteiger partial charge < -0.3 is 14.6 Å². The van der Waals surface area contributed by atoms with Crippen LogP contribution in [0.3, 0.4) is 0 Å². The molecule has 1 N–H and O–H groups in total. The van der Waals surface area contributed by atoms with Gasteiger partial charge in [0.2, 0.25) is 5.89 Å². The van der Waals surface area contributed by atoms with Gasteiger partial charge in [-0.1, -0.05) is 12.1 Å². The summed E-state index contributed by atoms with van der Waals surface area (Å²) in [6.45, 7) is 4.33. The average Bonchev–Trinajstić information content (AvgIpc) is 3.38. The van der Waals surface area contributed by atoms with E-state index in [9.17, 15) is 0 Å². The molecule has 0 aliphatic carbocycles. The minimum Gasteiger partial charge on any atom is -0.443 e. The highest BCUT2D eigenvalue weighted by molar-refractivity contribution is 7.13. The van der Waals surface area contributed by atoms with E-state index < -0.39 is 0 Å². The first-order chi connectivity index (χ1) is 12.3. The molecule has 0 spiro atoms. The Morgan fingerprint density at radius 3 is 2.84 bits per heavy atom. The largest absolute Gasteiger partial charge is 0.443 e. The van der Waals surface area contributed by atoms with Crippen LogP contribution in [0.25, 0.3) is 10.8 Å². The SMILES string of the molecule is CCNC(=NCc1coc(-c2cccs2)n1)N(C)CCc1cccs1. The summed E-state index contributed by atoms with van der Waals surface area (Å²) in [7, 11) is 2.06. The normalized spacial score (nSPS) is 11.7. The first-order valence-corrected chi connectivity index (χ1v) is 10.0. The third-order valence-corrected chi connectivity index (χ3v) is 5.44. The third-order valence-electron chi connectivity index (χ3n) is 3.64. The highest BCUT2D eigenvalue weighted by Gasteiger charge is 2.09. The van der Waals surface area contributed by atoms with Crippen LogP contribution in [0, 0.1) is 0 Å². The zero-order chi connectivity index (χ0) is 17.5. The van der Waals surface area contributed by atoms with Gasteiger partial charge in [-0.25, -0.2) is 9.98 Å². The zero-order valence-corrected chi connectivity index (χ0v) is 16.1. The molecule has 3 aromatic heterocycles. The summed E-state index contributed by atoms with van der Waals surface area (Å²) in [5.74, 6) is 1.55. The maximum Gasteiger partial charge on any atom is 0.236 e. The fourth-order valence-electron chi connectivity index (χ4n) is 2.36. The number of oxazole rings is 1. The molecule has 5 nitrogen and oxygen atoms in total. The number of likely N-dealkylation sites (N-methyl/N-ethyl adjacent to an activating group) is 1. The van der Waals surface area contributed by atoms with Gasteiger partial charge in [-0.15, -0.1) is 22.7 Å². The third kappa shape index (κ3) is 4.93. The van der Waals surface area contributed by atoms with Crippen LogP contribution in [-0.2, 0) is 13.0 Å². The molecule has 0 aliphatic heterocycles. The molecule has 0 atom stereocenters. The zero-order valence-electron chi connectivity index (χ0n) is 14.4. The van der Waals surface area contributed by atoms with Crippen molar-refractivity contribution in [3.05, 3.63) is 51.9 Å². The molecule has 3 heterocycles. The van der Waals surface area contributed by atoms with Crippen molar-refractivity contribution < 1.29 is 4.42 Å². The number of rotatable bonds is 7. The number of nitrogens with zero attached hydrogens (tertiary/aromatic N) is 3. The molecule has 3 aromatic rings. The smallest absolute Gasteiger partial charge is 0.236 e. The summed E-state index contributed by atoms with van der Waals surface area (Å²) >= 11 is 3.41. The van der Waals surface area contributed by atoms with Crippen LogP contribution >= 0.6 is 22.7 Å². The number of hydrogen-bond acceptors (Lipinski definition) is 5. The first kappa shape index (κ1) is 17.7. The number of aliphatic imine (C=N–C) groups is 1. The minimum atomic E-state index is 0.501. The van der Waals surface area contributed by atoms with Crippen LogP contribution in [0.15, 0.2) is 50.7 Å². The van der Waals surface area contributed by atoms with Crippen LogP contribution in [0.1, 0.15) is 17.5 Å². The summed E-state index contributed by atoms with van der Waals surface area (Å²) in [5.41, 5.74) is 0.838. The summed E-state index contributed by atoms with van der Waals surface area (Å²) in [4.78, 5) is 13.8. The van der Waals surface area contributed by atoms with Crippen molar-refractivity contribution in [1.29, 1.82) is 0 Å². The van der Waals surface area contributed by atoms with Crippen molar-refractivity contribution in [1.82, 2.24) is 15.2 Å². The van der Waals surface area contributed by atoms with E-state index in [1.807, 2.05) is 17.5 Å². The van der Waals surface area contributed by atoms with Gasteiger partial charge in [0.15, 0.2) is 5.96 Å². The predicted molar refractivity (Wildman–Crippen MR) is 105 cm³/mol.